The molecule has 1 rings (SSSR count). The zero-order valence-electron chi connectivity index (χ0n) is 10.0. The Kier molecular flexibility index (Phi) is 4.22. The van der Waals surface area contributed by atoms with E-state index < -0.39 is 5.97 Å². The summed E-state index contributed by atoms with van der Waals surface area (Å²) >= 11 is 0. The number of esters is 1. The normalized spacial score (nSPS) is 10.3. The van der Waals surface area contributed by atoms with Gasteiger partial charge in [0.15, 0.2) is 0 Å². The third-order valence-corrected chi connectivity index (χ3v) is 2.33. The van der Waals surface area contributed by atoms with Gasteiger partial charge in [0.05, 0.1) is 13.7 Å². The first-order valence-electron chi connectivity index (χ1n) is 5.00. The summed E-state index contributed by atoms with van der Waals surface area (Å²) in [5.74, 6) is -0.411. The van der Waals surface area contributed by atoms with Crippen LogP contribution in [0.15, 0.2) is 15.8 Å². The van der Waals surface area contributed by atoms with Gasteiger partial charge in [-0.1, -0.05) is 0 Å². The Balaban J connectivity index is 2.83. The van der Waals surface area contributed by atoms with Crippen molar-refractivity contribution in [2.75, 3.05) is 13.7 Å². The molecular formula is C10H15N3O4. The molecule has 0 amide bonds. The van der Waals surface area contributed by atoms with Crippen LogP contribution < -0.4 is 16.6 Å². The number of aromatic nitrogens is 2. The highest BCUT2D eigenvalue weighted by Crippen LogP contribution is 1.87. The van der Waals surface area contributed by atoms with Crippen LogP contribution >= 0.6 is 0 Å². The van der Waals surface area contributed by atoms with Gasteiger partial charge in [-0.05, 0) is 0 Å². The zero-order chi connectivity index (χ0) is 13.0. The van der Waals surface area contributed by atoms with E-state index in [1.165, 1.54) is 24.9 Å². The molecule has 1 heterocycles. The van der Waals surface area contributed by atoms with Gasteiger partial charge in [0.25, 0.3) is 5.56 Å². The van der Waals surface area contributed by atoms with Crippen LogP contribution in [-0.2, 0) is 30.2 Å². The predicted molar refractivity (Wildman–Crippen MR) is 60.6 cm³/mol. The molecule has 94 valence electrons. The molecule has 0 unspecified atom stereocenters. The molecule has 0 saturated heterocycles. The Hall–Kier alpha value is -1.89. The molecule has 1 aromatic rings. The second-order valence-electron chi connectivity index (χ2n) is 3.59. The third-order valence-electron chi connectivity index (χ3n) is 2.33. The molecule has 7 nitrogen and oxygen atoms in total. The number of carbonyl (C=O) groups excluding carboxylic acids is 1. The van der Waals surface area contributed by atoms with Crippen molar-refractivity contribution < 1.29 is 9.53 Å². The maximum atomic E-state index is 11.7. The first kappa shape index (κ1) is 13.2. The number of aryl methyl sites for hydroxylation is 1. The van der Waals surface area contributed by atoms with Crippen molar-refractivity contribution in [3.8, 4) is 0 Å². The van der Waals surface area contributed by atoms with E-state index in [-0.39, 0.29) is 24.3 Å². The summed E-state index contributed by atoms with van der Waals surface area (Å²) in [6, 6.07) is 0. The molecule has 0 bridgehead atoms. The minimum Gasteiger partial charge on any atom is -0.468 e. The highest BCUT2D eigenvalue weighted by Gasteiger charge is 2.07. The van der Waals surface area contributed by atoms with E-state index in [0.717, 1.165) is 4.57 Å². The molecule has 0 aliphatic heterocycles. The molecule has 0 aliphatic rings. The van der Waals surface area contributed by atoms with Crippen LogP contribution in [0.1, 0.15) is 5.56 Å². The number of rotatable bonds is 4. The molecule has 17 heavy (non-hydrogen) atoms. The zero-order valence-corrected chi connectivity index (χ0v) is 10.0. The lowest BCUT2D eigenvalue weighted by molar-refractivity contribution is -0.139. The highest BCUT2D eigenvalue weighted by molar-refractivity contribution is 5.71. The average molecular weight is 241 g/mol. The Labute approximate surface area is 97.6 Å². The van der Waals surface area contributed by atoms with Crippen LogP contribution in [-0.4, -0.2) is 28.8 Å². The average Bonchev–Trinajstić information content (AvgIpc) is 2.32. The van der Waals surface area contributed by atoms with E-state index in [1.54, 1.807) is 7.05 Å². The lowest BCUT2D eigenvalue weighted by Crippen LogP contribution is -2.39. The number of nitrogens with one attached hydrogen (secondary N) is 1. The first-order valence-corrected chi connectivity index (χ1v) is 5.00. The minimum atomic E-state index is -0.411. The summed E-state index contributed by atoms with van der Waals surface area (Å²) in [7, 11) is 4.26. The number of hydrogen-bond acceptors (Lipinski definition) is 5. The van der Waals surface area contributed by atoms with Crippen molar-refractivity contribution >= 4 is 5.97 Å². The summed E-state index contributed by atoms with van der Waals surface area (Å²) < 4.78 is 6.78. The molecule has 0 fully saturated rings. The van der Waals surface area contributed by atoms with Gasteiger partial charge in [-0.2, -0.15) is 0 Å². The number of methoxy groups -OCH3 is 1. The topological polar surface area (TPSA) is 82.3 Å². The Morgan fingerprint density at radius 2 is 2.06 bits per heavy atom. The van der Waals surface area contributed by atoms with E-state index >= 15 is 0 Å². The maximum absolute atomic E-state index is 11.7. The summed E-state index contributed by atoms with van der Waals surface area (Å²) in [6.45, 7) is 0.221. The fraction of sp³-hybridized carbons (Fsp3) is 0.500. The quantitative estimate of drug-likeness (QED) is 0.638. The van der Waals surface area contributed by atoms with Crippen LogP contribution in [0.25, 0.3) is 0 Å². The van der Waals surface area contributed by atoms with Gasteiger partial charge in [-0.25, -0.2) is 4.79 Å². The van der Waals surface area contributed by atoms with Crippen molar-refractivity contribution in [3.05, 3.63) is 32.6 Å². The van der Waals surface area contributed by atoms with Crippen LogP contribution in [0.3, 0.4) is 0 Å². The monoisotopic (exact) mass is 241 g/mol. The summed E-state index contributed by atoms with van der Waals surface area (Å²) in [5, 5.41) is 2.76. The van der Waals surface area contributed by atoms with Gasteiger partial charge >= 0.3 is 11.7 Å². The van der Waals surface area contributed by atoms with Crippen molar-refractivity contribution in [1.29, 1.82) is 0 Å². The Bertz CT molecular complexity index is 529. The Morgan fingerprint density at radius 3 is 2.65 bits per heavy atom. The fourth-order valence-electron chi connectivity index (χ4n) is 1.38. The lowest BCUT2D eigenvalue weighted by Gasteiger charge is -2.07. The SMILES string of the molecule is COC(=O)CNCc1cn(C)c(=O)n(C)c1=O. The highest BCUT2D eigenvalue weighted by atomic mass is 16.5. The second-order valence-corrected chi connectivity index (χ2v) is 3.59. The van der Waals surface area contributed by atoms with Gasteiger partial charge in [-0.15, -0.1) is 0 Å². The molecule has 1 N–H and O–H groups in total. The fourth-order valence-corrected chi connectivity index (χ4v) is 1.38. The van der Waals surface area contributed by atoms with Crippen LogP contribution in [0.4, 0.5) is 0 Å². The minimum absolute atomic E-state index is 0.0164. The predicted octanol–water partition coefficient (Wildman–Crippen LogP) is -1.65. The van der Waals surface area contributed by atoms with Gasteiger partial charge in [0.1, 0.15) is 0 Å². The van der Waals surface area contributed by atoms with Gasteiger partial charge in [-0.3, -0.25) is 14.2 Å². The van der Waals surface area contributed by atoms with Crippen molar-refractivity contribution in [3.63, 3.8) is 0 Å². The third kappa shape index (κ3) is 3.04. The molecule has 0 spiro atoms. The van der Waals surface area contributed by atoms with Gasteiger partial charge in [0.2, 0.25) is 0 Å². The number of hydrogen-bond donors (Lipinski definition) is 1. The van der Waals surface area contributed by atoms with Crippen LogP contribution in [0.2, 0.25) is 0 Å². The molecule has 1 aromatic heterocycles. The molecule has 7 heteroatoms. The largest absolute Gasteiger partial charge is 0.468 e. The molecule has 0 radical (unpaired) electrons. The van der Waals surface area contributed by atoms with E-state index in [1.807, 2.05) is 0 Å². The molecule has 0 aromatic carbocycles. The molecular weight excluding hydrogens is 226 g/mol. The standard InChI is InChI=1S/C10H15N3O4/c1-12-6-7(4-11-5-8(14)17-3)9(15)13(2)10(12)16/h6,11H,4-5H2,1-3H3. The maximum Gasteiger partial charge on any atom is 0.330 e. The smallest absolute Gasteiger partial charge is 0.330 e. The molecule has 0 saturated carbocycles. The molecule has 0 atom stereocenters. The van der Waals surface area contributed by atoms with Crippen LogP contribution in [0, 0.1) is 0 Å². The summed E-state index contributed by atoms with van der Waals surface area (Å²) in [6.07, 6.45) is 1.45. The van der Waals surface area contributed by atoms with Crippen molar-refractivity contribution in [2.45, 2.75) is 6.54 Å². The Morgan fingerprint density at radius 1 is 1.41 bits per heavy atom. The van der Waals surface area contributed by atoms with Crippen molar-refractivity contribution in [1.82, 2.24) is 14.5 Å². The summed E-state index contributed by atoms with van der Waals surface area (Å²) in [4.78, 5) is 33.9. The second kappa shape index (κ2) is 5.44. The van der Waals surface area contributed by atoms with Gasteiger partial charge in [0, 0.05) is 32.4 Å². The number of nitrogens with zero attached hydrogens (tertiary/aromatic N) is 2. The number of carbonyl (C=O) groups is 1. The number of ether oxygens (including phenoxy) is 1. The lowest BCUT2D eigenvalue weighted by atomic mass is 10.3. The van der Waals surface area contributed by atoms with E-state index in [4.69, 9.17) is 0 Å². The van der Waals surface area contributed by atoms with E-state index in [0.29, 0.717) is 5.56 Å². The van der Waals surface area contributed by atoms with Crippen molar-refractivity contribution in [2.24, 2.45) is 14.1 Å². The van der Waals surface area contributed by atoms with Gasteiger partial charge < -0.3 is 14.6 Å². The molecule has 0 aliphatic carbocycles. The van der Waals surface area contributed by atoms with E-state index in [2.05, 4.69) is 10.1 Å². The van der Waals surface area contributed by atoms with Crippen LogP contribution in [0.5, 0.6) is 0 Å². The summed E-state index contributed by atoms with van der Waals surface area (Å²) in [5.41, 5.74) is -0.337. The van der Waals surface area contributed by atoms with E-state index in [9.17, 15) is 14.4 Å². The first-order chi connectivity index (χ1) is 7.97.